The molecule has 2 N–H and O–H groups in total. The standard InChI is InChI=1S/C18H32N2O2/c1-13-11-19(5)15(3)9-17(13,21)7-8-18(22)10-16(4)20(6)12-14(18)2/h13-16,21-22H,9-12H2,1-6H3/t13-,14+,15-,16+,17-,18+. The van der Waals surface area contributed by atoms with Gasteiger partial charge in [0.15, 0.2) is 0 Å². The second kappa shape index (κ2) is 6.13. The van der Waals surface area contributed by atoms with Gasteiger partial charge in [-0.05, 0) is 27.9 Å². The second-order valence-electron chi connectivity index (χ2n) is 7.89. The van der Waals surface area contributed by atoms with Crippen LogP contribution < -0.4 is 0 Å². The molecule has 4 heteroatoms. The Kier molecular flexibility index (Phi) is 4.94. The predicted octanol–water partition coefficient (Wildman–Crippen LogP) is 1.17. The fraction of sp³-hybridized carbons (Fsp3) is 0.889. The summed E-state index contributed by atoms with van der Waals surface area (Å²) in [5.74, 6) is 6.34. The summed E-state index contributed by atoms with van der Waals surface area (Å²) in [6, 6.07) is 0.609. The van der Waals surface area contributed by atoms with Crippen LogP contribution in [0.2, 0.25) is 0 Å². The Morgan fingerprint density at radius 2 is 1.09 bits per heavy atom. The van der Waals surface area contributed by atoms with Crippen LogP contribution in [0.15, 0.2) is 0 Å². The van der Waals surface area contributed by atoms with E-state index in [0.29, 0.717) is 24.9 Å². The molecule has 6 atom stereocenters. The Hall–Kier alpha value is -0.600. The predicted molar refractivity (Wildman–Crippen MR) is 89.4 cm³/mol. The van der Waals surface area contributed by atoms with Crippen LogP contribution in [0.25, 0.3) is 0 Å². The lowest BCUT2D eigenvalue weighted by atomic mass is 9.76. The Balaban J connectivity index is 2.20. The zero-order valence-corrected chi connectivity index (χ0v) is 14.9. The van der Waals surface area contributed by atoms with E-state index in [4.69, 9.17) is 0 Å². The fourth-order valence-corrected chi connectivity index (χ4v) is 3.71. The van der Waals surface area contributed by atoms with Crippen molar-refractivity contribution in [3.8, 4) is 11.8 Å². The molecule has 2 heterocycles. The maximum atomic E-state index is 11.0. The van der Waals surface area contributed by atoms with Crippen molar-refractivity contribution in [3.05, 3.63) is 0 Å². The molecule has 0 aromatic rings. The highest BCUT2D eigenvalue weighted by atomic mass is 16.3. The minimum absolute atomic E-state index is 0.0868. The molecule has 0 radical (unpaired) electrons. The van der Waals surface area contributed by atoms with Gasteiger partial charge in [0.2, 0.25) is 0 Å². The molecule has 0 unspecified atom stereocenters. The molecule has 2 saturated heterocycles. The van der Waals surface area contributed by atoms with Crippen molar-refractivity contribution in [2.24, 2.45) is 11.8 Å². The van der Waals surface area contributed by atoms with E-state index in [-0.39, 0.29) is 11.8 Å². The van der Waals surface area contributed by atoms with Crippen LogP contribution in [-0.4, -0.2) is 70.5 Å². The average Bonchev–Trinajstić information content (AvgIpc) is 2.42. The highest BCUT2D eigenvalue weighted by Crippen LogP contribution is 2.33. The Morgan fingerprint density at radius 3 is 1.41 bits per heavy atom. The topological polar surface area (TPSA) is 46.9 Å². The van der Waals surface area contributed by atoms with Crippen molar-refractivity contribution in [1.82, 2.24) is 9.80 Å². The monoisotopic (exact) mass is 308 g/mol. The Labute approximate surface area is 135 Å². The van der Waals surface area contributed by atoms with E-state index in [1.165, 1.54) is 0 Å². The number of aliphatic hydroxyl groups is 2. The van der Waals surface area contributed by atoms with Crippen molar-refractivity contribution < 1.29 is 10.2 Å². The highest BCUT2D eigenvalue weighted by Gasteiger charge is 2.43. The third-order valence-electron chi connectivity index (χ3n) is 5.97. The Morgan fingerprint density at radius 1 is 0.773 bits per heavy atom. The van der Waals surface area contributed by atoms with Gasteiger partial charge in [-0.25, -0.2) is 0 Å². The molecule has 0 saturated carbocycles. The molecule has 2 rings (SSSR count). The van der Waals surface area contributed by atoms with Gasteiger partial charge in [0.1, 0.15) is 11.2 Å². The van der Waals surface area contributed by atoms with E-state index in [0.717, 1.165) is 13.1 Å². The fourth-order valence-electron chi connectivity index (χ4n) is 3.71. The maximum Gasteiger partial charge on any atom is 0.130 e. The van der Waals surface area contributed by atoms with Gasteiger partial charge in [0, 0.05) is 49.9 Å². The molecule has 2 fully saturated rings. The van der Waals surface area contributed by atoms with Crippen LogP contribution in [0.1, 0.15) is 40.5 Å². The first-order chi connectivity index (χ1) is 10.1. The molecule has 0 aromatic carbocycles. The molecule has 2 aliphatic heterocycles. The number of likely N-dealkylation sites (tertiary alicyclic amines) is 2. The van der Waals surface area contributed by atoms with E-state index in [9.17, 15) is 10.2 Å². The number of hydrogen-bond donors (Lipinski definition) is 2. The van der Waals surface area contributed by atoms with Gasteiger partial charge in [0.25, 0.3) is 0 Å². The zero-order valence-electron chi connectivity index (χ0n) is 14.9. The molecule has 22 heavy (non-hydrogen) atoms. The average molecular weight is 308 g/mol. The van der Waals surface area contributed by atoms with Crippen molar-refractivity contribution in [2.75, 3.05) is 27.2 Å². The first-order valence-corrected chi connectivity index (χ1v) is 8.47. The maximum absolute atomic E-state index is 11.0. The van der Waals surface area contributed by atoms with Crippen LogP contribution in [0, 0.1) is 23.7 Å². The van der Waals surface area contributed by atoms with Crippen LogP contribution in [-0.2, 0) is 0 Å². The molecule has 2 aliphatic rings. The molecule has 0 amide bonds. The first-order valence-electron chi connectivity index (χ1n) is 8.47. The van der Waals surface area contributed by atoms with Gasteiger partial charge < -0.3 is 20.0 Å². The summed E-state index contributed by atoms with van der Waals surface area (Å²) in [5, 5.41) is 21.9. The molecule has 0 bridgehead atoms. The molecule has 0 aliphatic carbocycles. The van der Waals surface area contributed by atoms with Gasteiger partial charge in [-0.15, -0.1) is 0 Å². The van der Waals surface area contributed by atoms with E-state index < -0.39 is 11.2 Å². The highest BCUT2D eigenvalue weighted by molar-refractivity contribution is 5.26. The van der Waals surface area contributed by atoms with Gasteiger partial charge in [-0.2, -0.15) is 0 Å². The Bertz CT molecular complexity index is 431. The van der Waals surface area contributed by atoms with E-state index >= 15 is 0 Å². The normalized spacial score (nSPS) is 47.8. The van der Waals surface area contributed by atoms with Crippen LogP contribution in [0.3, 0.4) is 0 Å². The van der Waals surface area contributed by atoms with Crippen molar-refractivity contribution in [2.45, 2.75) is 63.8 Å². The SMILES string of the molecule is C[C@@H]1C[C@](O)(C#C[C@]2(O)C[C@H](C)N(C)C[C@@H]2C)[C@H](C)CN1C. The quantitative estimate of drug-likeness (QED) is 0.660. The molecular formula is C18H32N2O2. The van der Waals surface area contributed by atoms with Crippen LogP contribution >= 0.6 is 0 Å². The number of nitrogens with zero attached hydrogens (tertiary/aromatic N) is 2. The third-order valence-corrected chi connectivity index (χ3v) is 5.97. The molecular weight excluding hydrogens is 276 g/mol. The van der Waals surface area contributed by atoms with Crippen molar-refractivity contribution >= 4 is 0 Å². The lowest BCUT2D eigenvalue weighted by molar-refractivity contribution is -0.0432. The van der Waals surface area contributed by atoms with Gasteiger partial charge in [-0.1, -0.05) is 25.7 Å². The lowest BCUT2D eigenvalue weighted by Crippen LogP contribution is -2.54. The number of rotatable bonds is 0. The smallest absolute Gasteiger partial charge is 0.130 e. The molecule has 0 aromatic heterocycles. The molecule has 126 valence electrons. The summed E-state index contributed by atoms with van der Waals surface area (Å²) in [6.45, 7) is 9.99. The largest absolute Gasteiger partial charge is 0.377 e. The summed E-state index contributed by atoms with van der Waals surface area (Å²) in [7, 11) is 4.17. The van der Waals surface area contributed by atoms with Gasteiger partial charge >= 0.3 is 0 Å². The molecule has 0 spiro atoms. The van der Waals surface area contributed by atoms with E-state index in [1.807, 2.05) is 13.8 Å². The first kappa shape index (κ1) is 17.7. The second-order valence-corrected chi connectivity index (χ2v) is 7.89. The van der Waals surface area contributed by atoms with E-state index in [1.54, 1.807) is 0 Å². The number of piperidine rings is 2. The summed E-state index contributed by atoms with van der Waals surface area (Å²) in [4.78, 5) is 4.52. The van der Waals surface area contributed by atoms with E-state index in [2.05, 4.69) is 49.6 Å². The summed E-state index contributed by atoms with van der Waals surface area (Å²) >= 11 is 0. The number of hydrogen-bond acceptors (Lipinski definition) is 4. The van der Waals surface area contributed by atoms with Crippen molar-refractivity contribution in [3.63, 3.8) is 0 Å². The summed E-state index contributed by atoms with van der Waals surface area (Å²) < 4.78 is 0. The minimum Gasteiger partial charge on any atom is -0.377 e. The van der Waals surface area contributed by atoms with Gasteiger partial charge in [-0.3, -0.25) is 0 Å². The third kappa shape index (κ3) is 3.33. The minimum atomic E-state index is -0.992. The summed E-state index contributed by atoms with van der Waals surface area (Å²) in [6.07, 6.45) is 1.27. The van der Waals surface area contributed by atoms with Crippen LogP contribution in [0.5, 0.6) is 0 Å². The zero-order chi connectivity index (χ0) is 16.7. The summed E-state index contributed by atoms with van der Waals surface area (Å²) in [5.41, 5.74) is -1.98. The van der Waals surface area contributed by atoms with Crippen LogP contribution in [0.4, 0.5) is 0 Å². The molecule has 4 nitrogen and oxygen atoms in total. The lowest BCUT2D eigenvalue weighted by Gasteiger charge is -2.44. The van der Waals surface area contributed by atoms with Gasteiger partial charge in [0.05, 0.1) is 0 Å². The van der Waals surface area contributed by atoms with Crippen molar-refractivity contribution in [1.29, 1.82) is 0 Å².